The maximum Gasteiger partial charge on any atom is 0.312 e. The molecule has 0 N–H and O–H groups in total. The van der Waals surface area contributed by atoms with Gasteiger partial charge >= 0.3 is 5.97 Å². The third-order valence-electron chi connectivity index (χ3n) is 3.61. The number of terminal acetylenes is 1. The Labute approximate surface area is 132 Å². The topological polar surface area (TPSA) is 26.3 Å². The number of ether oxygens (including phenoxy) is 1. The van der Waals surface area contributed by atoms with E-state index in [0.717, 1.165) is 0 Å². The minimum Gasteiger partial charge on any atom is -0.437 e. The molecule has 1 aliphatic rings. The average Bonchev–Trinajstić information content (AvgIpc) is 2.93. The molecule has 3 unspecified atom stereocenters. The normalized spacial score (nSPS) is 23.4. The monoisotopic (exact) mass is 304 g/mol. The largest absolute Gasteiger partial charge is 0.437 e. The van der Waals surface area contributed by atoms with Crippen molar-refractivity contribution in [2.24, 2.45) is 17.3 Å². The van der Waals surface area contributed by atoms with Crippen molar-refractivity contribution in [2.45, 2.75) is 40.2 Å². The van der Waals surface area contributed by atoms with E-state index < -0.39 is 6.10 Å². The van der Waals surface area contributed by atoms with Crippen molar-refractivity contribution in [3.63, 3.8) is 0 Å². The maximum absolute atomic E-state index is 12.2. The smallest absolute Gasteiger partial charge is 0.312 e. The van der Waals surface area contributed by atoms with E-state index in [-0.39, 0.29) is 23.2 Å². The summed E-state index contributed by atoms with van der Waals surface area (Å²) in [7, 11) is 0. The first kappa shape index (κ1) is 17.4. The molecular formula is C18H21ClO2. The molecule has 0 aromatic rings. The summed E-state index contributed by atoms with van der Waals surface area (Å²) in [5.41, 5.74) is 2.51. The third kappa shape index (κ3) is 4.69. The standard InChI is InChI=1S/C18H21ClO2/c1-6-14(10-8-7-9-11-19)21-17(20)16-15(12-13(2)3)18(16,4)5/h1,9,11-12,14-16H,7H2,2-5H3/b11-9+. The summed E-state index contributed by atoms with van der Waals surface area (Å²) < 4.78 is 5.32. The van der Waals surface area contributed by atoms with Crippen LogP contribution in [-0.4, -0.2) is 12.1 Å². The number of carbonyl (C=O) groups excluding carboxylic acids is 1. The van der Waals surface area contributed by atoms with E-state index in [2.05, 4.69) is 37.7 Å². The number of esters is 1. The first-order valence-corrected chi connectivity index (χ1v) is 7.33. The molecule has 1 saturated carbocycles. The number of rotatable bonds is 4. The van der Waals surface area contributed by atoms with Gasteiger partial charge in [-0.2, -0.15) is 0 Å². The maximum atomic E-state index is 12.2. The van der Waals surface area contributed by atoms with Crippen molar-refractivity contribution in [3.05, 3.63) is 23.3 Å². The third-order valence-corrected chi connectivity index (χ3v) is 3.78. The Kier molecular flexibility index (Phi) is 6.13. The summed E-state index contributed by atoms with van der Waals surface area (Å²) in [4.78, 5) is 12.2. The molecule has 2 nitrogen and oxygen atoms in total. The van der Waals surface area contributed by atoms with Gasteiger partial charge in [0.2, 0.25) is 6.10 Å². The summed E-state index contributed by atoms with van der Waals surface area (Å²) in [6, 6.07) is 0. The van der Waals surface area contributed by atoms with E-state index in [4.69, 9.17) is 22.8 Å². The summed E-state index contributed by atoms with van der Waals surface area (Å²) in [5, 5.41) is 0. The van der Waals surface area contributed by atoms with Gasteiger partial charge in [0.15, 0.2) is 0 Å². The molecule has 0 bridgehead atoms. The molecule has 21 heavy (non-hydrogen) atoms. The first-order valence-electron chi connectivity index (χ1n) is 6.89. The van der Waals surface area contributed by atoms with Crippen LogP contribution in [0.15, 0.2) is 23.3 Å². The zero-order chi connectivity index (χ0) is 16.0. The lowest BCUT2D eigenvalue weighted by molar-refractivity contribution is -0.147. The lowest BCUT2D eigenvalue weighted by Crippen LogP contribution is -2.18. The predicted octanol–water partition coefficient (Wildman–Crippen LogP) is 3.92. The second-order valence-corrected chi connectivity index (χ2v) is 6.19. The Hall–Kier alpha value is -1.64. The van der Waals surface area contributed by atoms with Crippen molar-refractivity contribution < 1.29 is 9.53 Å². The fourth-order valence-electron chi connectivity index (χ4n) is 2.35. The Morgan fingerprint density at radius 3 is 2.67 bits per heavy atom. The molecule has 3 atom stereocenters. The second-order valence-electron chi connectivity index (χ2n) is 5.94. The Morgan fingerprint density at radius 1 is 1.48 bits per heavy atom. The minimum absolute atomic E-state index is 0.0811. The minimum atomic E-state index is -0.801. The lowest BCUT2D eigenvalue weighted by Gasteiger charge is -2.07. The Balaban J connectivity index is 2.66. The van der Waals surface area contributed by atoms with Crippen LogP contribution in [0.2, 0.25) is 0 Å². The summed E-state index contributed by atoms with van der Waals surface area (Å²) in [5.74, 6) is 7.74. The molecule has 1 rings (SSSR count). The van der Waals surface area contributed by atoms with Gasteiger partial charge in [0.1, 0.15) is 0 Å². The molecule has 0 aromatic carbocycles. The van der Waals surface area contributed by atoms with Gasteiger partial charge in [-0.05, 0) is 37.0 Å². The van der Waals surface area contributed by atoms with Gasteiger partial charge in [0, 0.05) is 12.0 Å². The van der Waals surface area contributed by atoms with Gasteiger partial charge in [-0.3, -0.25) is 4.79 Å². The van der Waals surface area contributed by atoms with E-state index >= 15 is 0 Å². The molecule has 0 aliphatic heterocycles. The SMILES string of the molecule is C#CC(C#CC/C=C/Cl)OC(=O)C1C(C=C(C)C)C1(C)C. The molecule has 112 valence electrons. The van der Waals surface area contributed by atoms with Crippen LogP contribution in [0.3, 0.4) is 0 Å². The summed E-state index contributed by atoms with van der Waals surface area (Å²) in [6.45, 7) is 8.17. The fourth-order valence-corrected chi connectivity index (χ4v) is 2.44. The Bertz CT molecular complexity index is 548. The number of allylic oxidation sites excluding steroid dienone is 3. The highest BCUT2D eigenvalue weighted by molar-refractivity contribution is 6.25. The number of halogens is 1. The van der Waals surface area contributed by atoms with Crippen molar-refractivity contribution in [1.82, 2.24) is 0 Å². The van der Waals surface area contributed by atoms with Gasteiger partial charge in [-0.25, -0.2) is 0 Å². The van der Waals surface area contributed by atoms with Gasteiger partial charge in [0.25, 0.3) is 0 Å². The highest BCUT2D eigenvalue weighted by atomic mass is 35.5. The van der Waals surface area contributed by atoms with Gasteiger partial charge in [-0.1, -0.05) is 49.1 Å². The quantitative estimate of drug-likeness (QED) is 0.447. The molecule has 0 aromatic heterocycles. The molecule has 0 amide bonds. The van der Waals surface area contributed by atoms with Crippen molar-refractivity contribution in [1.29, 1.82) is 0 Å². The second kappa shape index (κ2) is 7.39. The van der Waals surface area contributed by atoms with Crippen LogP contribution < -0.4 is 0 Å². The van der Waals surface area contributed by atoms with E-state index in [1.54, 1.807) is 6.08 Å². The number of hydrogen-bond donors (Lipinski definition) is 0. The number of carbonyl (C=O) groups is 1. The zero-order valence-electron chi connectivity index (χ0n) is 12.9. The average molecular weight is 305 g/mol. The van der Waals surface area contributed by atoms with Crippen LogP contribution in [0.1, 0.15) is 34.1 Å². The van der Waals surface area contributed by atoms with Crippen LogP contribution in [-0.2, 0) is 9.53 Å². The van der Waals surface area contributed by atoms with Crippen LogP contribution in [0.4, 0.5) is 0 Å². The molecule has 0 radical (unpaired) electrons. The number of hydrogen-bond acceptors (Lipinski definition) is 2. The highest BCUT2D eigenvalue weighted by Gasteiger charge is 2.61. The first-order chi connectivity index (χ1) is 9.84. The molecule has 1 fully saturated rings. The zero-order valence-corrected chi connectivity index (χ0v) is 13.7. The van der Waals surface area contributed by atoms with Crippen LogP contribution in [0, 0.1) is 41.4 Å². The summed E-state index contributed by atoms with van der Waals surface area (Å²) in [6.07, 6.45) is 8.85. The van der Waals surface area contributed by atoms with E-state index in [1.807, 2.05) is 13.8 Å². The molecule has 3 heteroatoms. The predicted molar refractivity (Wildman–Crippen MR) is 86.3 cm³/mol. The van der Waals surface area contributed by atoms with E-state index in [1.165, 1.54) is 11.1 Å². The van der Waals surface area contributed by atoms with Crippen LogP contribution in [0.5, 0.6) is 0 Å². The highest BCUT2D eigenvalue weighted by Crippen LogP contribution is 2.59. The summed E-state index contributed by atoms with van der Waals surface area (Å²) >= 11 is 5.39. The lowest BCUT2D eigenvalue weighted by atomic mass is 10.1. The van der Waals surface area contributed by atoms with Gasteiger partial charge in [0.05, 0.1) is 5.92 Å². The van der Waals surface area contributed by atoms with Crippen molar-refractivity contribution in [2.75, 3.05) is 0 Å². The van der Waals surface area contributed by atoms with E-state index in [9.17, 15) is 4.79 Å². The van der Waals surface area contributed by atoms with Gasteiger partial charge in [-0.15, -0.1) is 6.42 Å². The van der Waals surface area contributed by atoms with Crippen molar-refractivity contribution >= 4 is 17.6 Å². The molecule has 0 spiro atoms. The fraction of sp³-hybridized carbons (Fsp3) is 0.500. The van der Waals surface area contributed by atoms with Crippen LogP contribution >= 0.6 is 11.6 Å². The van der Waals surface area contributed by atoms with Crippen molar-refractivity contribution in [3.8, 4) is 24.2 Å². The molecular weight excluding hydrogens is 284 g/mol. The Morgan fingerprint density at radius 2 is 2.14 bits per heavy atom. The molecule has 0 heterocycles. The van der Waals surface area contributed by atoms with Gasteiger partial charge < -0.3 is 4.74 Å². The van der Waals surface area contributed by atoms with Crippen LogP contribution in [0.25, 0.3) is 0 Å². The molecule has 1 aliphatic carbocycles. The molecule has 0 saturated heterocycles. The van der Waals surface area contributed by atoms with E-state index in [0.29, 0.717) is 6.42 Å².